The number of nitrogens with zero attached hydrogens (tertiary/aromatic N) is 1. The largest absolute Gasteiger partial charge is 0.465 e. The van der Waals surface area contributed by atoms with Crippen LogP contribution in [-0.2, 0) is 23.8 Å². The minimum atomic E-state index is -3.28. The maximum atomic E-state index is 13.0. The first-order valence-corrected chi connectivity index (χ1v) is 8.96. The number of carbonyl (C=O) groups is 3. The van der Waals surface area contributed by atoms with Crippen molar-refractivity contribution in [1.82, 2.24) is 0 Å². The van der Waals surface area contributed by atoms with Crippen LogP contribution in [0.4, 0.5) is 14.5 Å². The molecule has 1 saturated heterocycles. The molecule has 1 N–H and O–H groups in total. The van der Waals surface area contributed by atoms with Crippen LogP contribution >= 0.6 is 0 Å². The highest BCUT2D eigenvalue weighted by atomic mass is 19.3. The van der Waals surface area contributed by atoms with Crippen molar-refractivity contribution in [3.8, 4) is 5.75 Å². The van der Waals surface area contributed by atoms with Gasteiger partial charge in [0.25, 0.3) is 5.91 Å². The first kappa shape index (κ1) is 23.5. The Kier molecular flexibility index (Phi) is 7.32. The molecule has 0 saturated carbocycles. The van der Waals surface area contributed by atoms with Crippen molar-refractivity contribution in [1.29, 1.82) is 0 Å². The van der Waals surface area contributed by atoms with Crippen molar-refractivity contribution in [3.63, 3.8) is 0 Å². The SMILES string of the molecule is COC(=O)c1cccc(N2CCOC(C(O)C(=O)OC(C)(C)C)C2=O)c1OC(F)F. The van der Waals surface area contributed by atoms with E-state index < -0.39 is 48.0 Å². The van der Waals surface area contributed by atoms with Gasteiger partial charge in [0.2, 0.25) is 0 Å². The average Bonchev–Trinajstić information content (AvgIpc) is 2.65. The summed E-state index contributed by atoms with van der Waals surface area (Å²) in [5.74, 6) is -3.48. The number of para-hydroxylation sites is 1. The minimum absolute atomic E-state index is 0.0966. The molecule has 1 aliphatic heterocycles. The highest BCUT2D eigenvalue weighted by molar-refractivity contribution is 6.03. The second-order valence-electron chi connectivity index (χ2n) is 7.28. The van der Waals surface area contributed by atoms with E-state index in [4.69, 9.17) is 9.47 Å². The van der Waals surface area contributed by atoms with Crippen LogP contribution in [0.1, 0.15) is 31.1 Å². The van der Waals surface area contributed by atoms with Gasteiger partial charge in [0.1, 0.15) is 11.2 Å². The number of rotatable bonds is 6. The number of ether oxygens (including phenoxy) is 4. The van der Waals surface area contributed by atoms with Gasteiger partial charge in [-0.25, -0.2) is 9.59 Å². The third-order valence-electron chi connectivity index (χ3n) is 3.95. The van der Waals surface area contributed by atoms with Crippen LogP contribution in [0.25, 0.3) is 0 Å². The maximum Gasteiger partial charge on any atom is 0.387 e. The number of alkyl halides is 2. The number of amides is 1. The molecule has 1 amide bonds. The number of morpholine rings is 1. The molecule has 1 heterocycles. The number of aliphatic hydroxyl groups is 1. The molecule has 2 rings (SSSR count). The standard InChI is InChI=1S/C19H23F2NO8/c1-19(2,3)30-17(26)12(23)14-15(24)22(8-9-28-14)11-7-5-6-10(16(25)27-4)13(11)29-18(20)21/h5-7,12,14,18,23H,8-9H2,1-4H3. The van der Waals surface area contributed by atoms with Crippen LogP contribution in [0.5, 0.6) is 5.75 Å². The van der Waals surface area contributed by atoms with Crippen molar-refractivity contribution < 1.29 is 47.2 Å². The zero-order valence-corrected chi connectivity index (χ0v) is 16.9. The number of hydrogen-bond acceptors (Lipinski definition) is 8. The van der Waals surface area contributed by atoms with Gasteiger partial charge in [-0.3, -0.25) is 4.79 Å². The Morgan fingerprint density at radius 2 is 1.97 bits per heavy atom. The van der Waals surface area contributed by atoms with Crippen molar-refractivity contribution in [2.45, 2.75) is 45.2 Å². The van der Waals surface area contributed by atoms with Gasteiger partial charge in [-0.15, -0.1) is 0 Å². The normalized spacial score (nSPS) is 18.2. The van der Waals surface area contributed by atoms with E-state index in [0.29, 0.717) is 0 Å². The predicted octanol–water partition coefficient (Wildman–Crippen LogP) is 1.51. The van der Waals surface area contributed by atoms with E-state index in [2.05, 4.69) is 9.47 Å². The van der Waals surface area contributed by atoms with Crippen molar-refractivity contribution in [3.05, 3.63) is 23.8 Å². The van der Waals surface area contributed by atoms with Crippen LogP contribution in [0.2, 0.25) is 0 Å². The molecular weight excluding hydrogens is 408 g/mol. The summed E-state index contributed by atoms with van der Waals surface area (Å²) in [7, 11) is 1.06. The molecule has 1 fully saturated rings. The summed E-state index contributed by atoms with van der Waals surface area (Å²) < 4.78 is 45.3. The fraction of sp³-hybridized carbons (Fsp3) is 0.526. The number of hydrogen-bond donors (Lipinski definition) is 1. The van der Waals surface area contributed by atoms with Gasteiger partial charge >= 0.3 is 18.6 Å². The van der Waals surface area contributed by atoms with E-state index >= 15 is 0 Å². The average molecular weight is 431 g/mol. The zero-order valence-electron chi connectivity index (χ0n) is 16.9. The van der Waals surface area contributed by atoms with Crippen LogP contribution in [-0.4, -0.2) is 67.6 Å². The molecule has 1 aromatic rings. The second-order valence-corrected chi connectivity index (χ2v) is 7.28. The van der Waals surface area contributed by atoms with Crippen molar-refractivity contribution in [2.75, 3.05) is 25.2 Å². The Bertz CT molecular complexity index is 808. The molecule has 30 heavy (non-hydrogen) atoms. The second kappa shape index (κ2) is 9.35. The van der Waals surface area contributed by atoms with Crippen molar-refractivity contribution >= 4 is 23.5 Å². The Hall–Kier alpha value is -2.79. The van der Waals surface area contributed by atoms with Gasteiger partial charge in [-0.2, -0.15) is 8.78 Å². The molecule has 0 bridgehead atoms. The van der Waals surface area contributed by atoms with Gasteiger partial charge in [0, 0.05) is 6.54 Å². The Morgan fingerprint density at radius 3 is 2.53 bits per heavy atom. The molecule has 11 heteroatoms. The summed E-state index contributed by atoms with van der Waals surface area (Å²) in [5, 5.41) is 10.3. The Labute approximate surface area is 171 Å². The summed E-state index contributed by atoms with van der Waals surface area (Å²) in [6.45, 7) is 1.25. The molecule has 2 unspecified atom stereocenters. The monoisotopic (exact) mass is 431 g/mol. The maximum absolute atomic E-state index is 13.0. The van der Waals surface area contributed by atoms with E-state index in [1.807, 2.05) is 0 Å². The van der Waals surface area contributed by atoms with Crippen LogP contribution < -0.4 is 9.64 Å². The fourth-order valence-electron chi connectivity index (χ4n) is 2.78. The van der Waals surface area contributed by atoms with E-state index in [9.17, 15) is 28.3 Å². The summed E-state index contributed by atoms with van der Waals surface area (Å²) in [4.78, 5) is 38.0. The van der Waals surface area contributed by atoms with Gasteiger partial charge in [0.15, 0.2) is 18.0 Å². The van der Waals surface area contributed by atoms with Gasteiger partial charge in [-0.05, 0) is 32.9 Å². The lowest BCUT2D eigenvalue weighted by Gasteiger charge is -2.35. The van der Waals surface area contributed by atoms with E-state index in [1.165, 1.54) is 18.2 Å². The predicted molar refractivity (Wildman–Crippen MR) is 98.4 cm³/mol. The topological polar surface area (TPSA) is 112 Å². The van der Waals surface area contributed by atoms with Crippen LogP contribution in [0, 0.1) is 0 Å². The molecule has 0 aromatic heterocycles. The third-order valence-corrected chi connectivity index (χ3v) is 3.95. The zero-order chi connectivity index (χ0) is 22.6. The van der Waals surface area contributed by atoms with Gasteiger partial charge in [0.05, 0.1) is 19.4 Å². The highest BCUT2D eigenvalue weighted by Crippen LogP contribution is 2.35. The summed E-state index contributed by atoms with van der Waals surface area (Å²) in [6.07, 6.45) is -3.57. The highest BCUT2D eigenvalue weighted by Gasteiger charge is 2.42. The van der Waals surface area contributed by atoms with E-state index in [0.717, 1.165) is 12.0 Å². The molecular formula is C19H23F2NO8. The number of anilines is 1. The molecule has 0 radical (unpaired) electrons. The third kappa shape index (κ3) is 5.42. The number of aliphatic hydroxyl groups excluding tert-OH is 1. The molecule has 1 aromatic carbocycles. The van der Waals surface area contributed by atoms with Gasteiger partial charge in [-0.1, -0.05) is 6.07 Å². The number of carbonyl (C=O) groups excluding carboxylic acids is 3. The lowest BCUT2D eigenvalue weighted by molar-refractivity contribution is -0.177. The smallest absolute Gasteiger partial charge is 0.387 e. The van der Waals surface area contributed by atoms with Crippen molar-refractivity contribution in [2.24, 2.45) is 0 Å². The number of esters is 2. The Morgan fingerprint density at radius 1 is 1.30 bits per heavy atom. The fourth-order valence-corrected chi connectivity index (χ4v) is 2.78. The van der Waals surface area contributed by atoms with Crippen LogP contribution in [0.3, 0.4) is 0 Å². The first-order valence-electron chi connectivity index (χ1n) is 8.96. The number of benzene rings is 1. The molecule has 1 aliphatic rings. The summed E-state index contributed by atoms with van der Waals surface area (Å²) >= 11 is 0. The summed E-state index contributed by atoms with van der Waals surface area (Å²) in [5.41, 5.74) is -1.39. The lowest BCUT2D eigenvalue weighted by Crippen LogP contribution is -2.55. The number of methoxy groups -OCH3 is 1. The quantitative estimate of drug-likeness (QED) is 0.675. The van der Waals surface area contributed by atoms with E-state index in [-0.39, 0.29) is 24.4 Å². The molecule has 2 atom stereocenters. The first-order chi connectivity index (χ1) is 14.0. The van der Waals surface area contributed by atoms with Gasteiger partial charge < -0.3 is 29.0 Å². The van der Waals surface area contributed by atoms with E-state index in [1.54, 1.807) is 20.8 Å². The minimum Gasteiger partial charge on any atom is -0.465 e. The molecule has 166 valence electrons. The summed E-state index contributed by atoms with van der Waals surface area (Å²) in [6, 6.07) is 3.83. The van der Waals surface area contributed by atoms with Crippen LogP contribution in [0.15, 0.2) is 18.2 Å². The lowest BCUT2D eigenvalue weighted by atomic mass is 10.1. The molecule has 0 aliphatic carbocycles. The molecule has 9 nitrogen and oxygen atoms in total. The molecule has 0 spiro atoms. The Balaban J connectivity index is 2.38. The number of halogens is 2.